The summed E-state index contributed by atoms with van der Waals surface area (Å²) < 4.78 is 32.7. The van der Waals surface area contributed by atoms with Crippen LogP contribution in [0.3, 0.4) is 0 Å². The maximum absolute atomic E-state index is 12.6. The minimum atomic E-state index is -3.74. The zero-order valence-corrected chi connectivity index (χ0v) is 21.2. The van der Waals surface area contributed by atoms with E-state index in [9.17, 15) is 13.2 Å². The molecule has 0 amide bonds. The van der Waals surface area contributed by atoms with Gasteiger partial charge in [0.15, 0.2) is 10.9 Å². The fraction of sp³-hybridized carbons (Fsp3) is 0.0769. The van der Waals surface area contributed by atoms with E-state index in [0.29, 0.717) is 34.5 Å². The number of benzene rings is 3. The van der Waals surface area contributed by atoms with Crippen LogP contribution in [0, 0.1) is 0 Å². The van der Waals surface area contributed by atoms with E-state index in [4.69, 9.17) is 4.74 Å². The summed E-state index contributed by atoms with van der Waals surface area (Å²) in [6.07, 6.45) is 1.53. The van der Waals surface area contributed by atoms with Crippen molar-refractivity contribution >= 4 is 54.7 Å². The summed E-state index contributed by atoms with van der Waals surface area (Å²) in [5.41, 5.74) is 2.60. The Balaban J connectivity index is 1.40. The van der Waals surface area contributed by atoms with Crippen molar-refractivity contribution in [3.63, 3.8) is 0 Å². The van der Waals surface area contributed by atoms with Gasteiger partial charge in [0.05, 0.1) is 17.1 Å². The third kappa shape index (κ3) is 5.27. The van der Waals surface area contributed by atoms with E-state index in [1.54, 1.807) is 36.6 Å². The zero-order chi connectivity index (χ0) is 25.8. The van der Waals surface area contributed by atoms with Crippen LogP contribution in [0.5, 0.6) is 0 Å². The summed E-state index contributed by atoms with van der Waals surface area (Å²) in [5.74, 6) is 0.154. The molecule has 0 saturated carbocycles. The number of carbonyl (C=O) groups excluding carboxylic acids is 1. The predicted octanol–water partition coefficient (Wildman–Crippen LogP) is 5.47. The van der Waals surface area contributed by atoms with Crippen molar-refractivity contribution in [1.82, 2.24) is 15.2 Å². The first-order valence-corrected chi connectivity index (χ1v) is 13.6. The lowest BCUT2D eigenvalue weighted by molar-refractivity contribution is 0.0526. The molecule has 11 heteroatoms. The standard InChI is InChI=1S/C26H21N5O4S2/c1-2-35-25(32)18-9-7-17(8-10-18)23-21-5-3-4-6-22(21)24(30-29-23)28-19-11-13-20(14-12-19)37(33,34)31-26-27-15-16-36-26/h3-16H,2H2,1H3,(H,27,31)(H,28,30). The molecule has 9 nitrogen and oxygen atoms in total. The molecule has 0 unspecified atom stereocenters. The molecule has 3 aromatic carbocycles. The molecule has 0 spiro atoms. The van der Waals surface area contributed by atoms with Crippen molar-refractivity contribution in [2.75, 3.05) is 16.6 Å². The van der Waals surface area contributed by atoms with Gasteiger partial charge in [-0.1, -0.05) is 36.4 Å². The van der Waals surface area contributed by atoms with Crippen molar-refractivity contribution in [1.29, 1.82) is 0 Å². The van der Waals surface area contributed by atoms with Gasteiger partial charge in [-0.05, 0) is 43.3 Å². The highest BCUT2D eigenvalue weighted by Gasteiger charge is 2.16. The molecule has 0 fully saturated rings. The van der Waals surface area contributed by atoms with Crippen LogP contribution in [-0.4, -0.2) is 36.2 Å². The Morgan fingerprint density at radius 3 is 2.35 bits per heavy atom. The van der Waals surface area contributed by atoms with Gasteiger partial charge in [0.2, 0.25) is 0 Å². The number of esters is 1. The Hall–Kier alpha value is -4.35. The smallest absolute Gasteiger partial charge is 0.338 e. The average Bonchev–Trinajstić information content (AvgIpc) is 3.42. The third-order valence-electron chi connectivity index (χ3n) is 5.44. The first kappa shape index (κ1) is 24.3. The molecule has 0 aliphatic carbocycles. The second kappa shape index (κ2) is 10.3. The summed E-state index contributed by atoms with van der Waals surface area (Å²) in [6.45, 7) is 2.08. The van der Waals surface area contributed by atoms with Gasteiger partial charge >= 0.3 is 5.97 Å². The normalized spacial score (nSPS) is 11.3. The maximum atomic E-state index is 12.6. The van der Waals surface area contributed by atoms with E-state index in [1.807, 2.05) is 36.4 Å². The van der Waals surface area contributed by atoms with Crippen molar-refractivity contribution in [2.24, 2.45) is 0 Å². The first-order valence-electron chi connectivity index (χ1n) is 11.3. The Bertz CT molecular complexity index is 1650. The number of anilines is 3. The number of thiazole rings is 1. The topological polar surface area (TPSA) is 123 Å². The van der Waals surface area contributed by atoms with Crippen LogP contribution in [0.25, 0.3) is 22.0 Å². The summed E-state index contributed by atoms with van der Waals surface area (Å²) in [5, 5.41) is 15.8. The summed E-state index contributed by atoms with van der Waals surface area (Å²) in [6, 6.07) is 21.1. The largest absolute Gasteiger partial charge is 0.462 e. The number of ether oxygens (including phenoxy) is 1. The first-order chi connectivity index (χ1) is 17.9. The van der Waals surface area contributed by atoms with Crippen molar-refractivity contribution in [3.8, 4) is 11.3 Å². The number of hydrogen-bond donors (Lipinski definition) is 2. The summed E-state index contributed by atoms with van der Waals surface area (Å²) in [7, 11) is -3.74. The highest BCUT2D eigenvalue weighted by atomic mass is 32.2. The molecule has 2 N–H and O–H groups in total. The zero-order valence-electron chi connectivity index (χ0n) is 19.6. The lowest BCUT2D eigenvalue weighted by Gasteiger charge is -2.12. The maximum Gasteiger partial charge on any atom is 0.338 e. The van der Waals surface area contributed by atoms with E-state index in [0.717, 1.165) is 16.3 Å². The molecular formula is C26H21N5O4S2. The van der Waals surface area contributed by atoms with Gasteiger partial charge in [0, 0.05) is 33.6 Å². The van der Waals surface area contributed by atoms with Crippen LogP contribution in [0.1, 0.15) is 17.3 Å². The number of carbonyl (C=O) groups is 1. The highest BCUT2D eigenvalue weighted by Crippen LogP contribution is 2.31. The molecule has 2 aromatic heterocycles. The fourth-order valence-electron chi connectivity index (χ4n) is 3.69. The van der Waals surface area contributed by atoms with Gasteiger partial charge in [0.25, 0.3) is 10.0 Å². The number of nitrogens with zero attached hydrogens (tertiary/aromatic N) is 3. The molecule has 0 bridgehead atoms. The number of fused-ring (bicyclic) bond motifs is 1. The van der Waals surface area contributed by atoms with E-state index in [2.05, 4.69) is 25.2 Å². The summed E-state index contributed by atoms with van der Waals surface area (Å²) >= 11 is 1.20. The third-order valence-corrected chi connectivity index (χ3v) is 7.61. The Morgan fingerprint density at radius 1 is 0.946 bits per heavy atom. The van der Waals surface area contributed by atoms with Crippen molar-refractivity contribution in [2.45, 2.75) is 11.8 Å². The molecule has 0 radical (unpaired) electrons. The fourth-order valence-corrected chi connectivity index (χ4v) is 5.48. The molecular weight excluding hydrogens is 510 g/mol. The SMILES string of the molecule is CCOC(=O)c1ccc(-c2nnc(Nc3ccc(S(=O)(=O)Nc4nccs4)cc3)c3ccccc23)cc1. The molecule has 5 aromatic rings. The van der Waals surface area contributed by atoms with E-state index in [-0.39, 0.29) is 10.9 Å². The molecule has 186 valence electrons. The minimum absolute atomic E-state index is 0.116. The van der Waals surface area contributed by atoms with Crippen molar-refractivity contribution < 1.29 is 17.9 Å². The van der Waals surface area contributed by atoms with Crippen LogP contribution in [-0.2, 0) is 14.8 Å². The van der Waals surface area contributed by atoms with Gasteiger partial charge in [-0.2, -0.15) is 0 Å². The molecule has 2 heterocycles. The van der Waals surface area contributed by atoms with Crippen LogP contribution in [0.2, 0.25) is 0 Å². The molecule has 0 aliphatic heterocycles. The highest BCUT2D eigenvalue weighted by molar-refractivity contribution is 7.93. The quantitative estimate of drug-likeness (QED) is 0.253. The number of rotatable bonds is 8. The minimum Gasteiger partial charge on any atom is -0.462 e. The van der Waals surface area contributed by atoms with Crippen molar-refractivity contribution in [3.05, 3.63) is 89.9 Å². The molecule has 0 aliphatic rings. The number of hydrogen-bond acceptors (Lipinski definition) is 9. The van der Waals surface area contributed by atoms with Crippen LogP contribution in [0.15, 0.2) is 89.3 Å². The average molecular weight is 532 g/mol. The van der Waals surface area contributed by atoms with Gasteiger partial charge < -0.3 is 10.1 Å². The molecule has 0 saturated heterocycles. The molecule has 5 rings (SSSR count). The number of sulfonamides is 1. The van der Waals surface area contributed by atoms with Gasteiger partial charge in [-0.15, -0.1) is 21.5 Å². The molecule has 37 heavy (non-hydrogen) atoms. The Morgan fingerprint density at radius 2 is 1.68 bits per heavy atom. The lowest BCUT2D eigenvalue weighted by Crippen LogP contribution is -2.12. The van der Waals surface area contributed by atoms with E-state index >= 15 is 0 Å². The number of nitrogens with one attached hydrogen (secondary N) is 2. The second-order valence-electron chi connectivity index (χ2n) is 7.83. The van der Waals surface area contributed by atoms with Gasteiger partial charge in [-0.25, -0.2) is 18.2 Å². The van der Waals surface area contributed by atoms with Gasteiger partial charge in [-0.3, -0.25) is 4.72 Å². The van der Waals surface area contributed by atoms with Crippen LogP contribution < -0.4 is 10.0 Å². The molecule has 0 atom stereocenters. The number of aromatic nitrogens is 3. The van der Waals surface area contributed by atoms with Crippen LogP contribution in [0.4, 0.5) is 16.6 Å². The predicted molar refractivity (Wildman–Crippen MR) is 144 cm³/mol. The van der Waals surface area contributed by atoms with Gasteiger partial charge in [0.1, 0.15) is 5.69 Å². The van der Waals surface area contributed by atoms with E-state index in [1.165, 1.54) is 29.7 Å². The van der Waals surface area contributed by atoms with Crippen LogP contribution >= 0.6 is 11.3 Å². The monoisotopic (exact) mass is 531 g/mol. The second-order valence-corrected chi connectivity index (χ2v) is 10.4. The summed E-state index contributed by atoms with van der Waals surface area (Å²) in [4.78, 5) is 16.0. The van der Waals surface area contributed by atoms with E-state index < -0.39 is 10.0 Å². The Labute approximate surface area is 217 Å². The lowest BCUT2D eigenvalue weighted by atomic mass is 10.0. The Kier molecular flexibility index (Phi) is 6.80.